The maximum atomic E-state index is 12.3. The van der Waals surface area contributed by atoms with Crippen molar-refractivity contribution in [3.05, 3.63) is 35.4 Å². The van der Waals surface area contributed by atoms with Crippen molar-refractivity contribution in [2.45, 2.75) is 25.4 Å². The van der Waals surface area contributed by atoms with Gasteiger partial charge in [0.1, 0.15) is 0 Å². The predicted molar refractivity (Wildman–Crippen MR) is 57.5 cm³/mol. The number of aliphatic hydroxyl groups is 1. The van der Waals surface area contributed by atoms with Crippen molar-refractivity contribution >= 4 is 0 Å². The Morgan fingerprint density at radius 1 is 1.19 bits per heavy atom. The van der Waals surface area contributed by atoms with Crippen LogP contribution < -0.4 is 0 Å². The van der Waals surface area contributed by atoms with Gasteiger partial charge in [0.25, 0.3) is 6.43 Å². The molecule has 1 unspecified atom stereocenters. The standard InChI is InChI=1S/C12H16F2O2/c1-16-8-2-3-11(15)9-4-6-10(7-5-9)12(13)14/h4-7,11-12,15H,2-3,8H2,1H3. The molecule has 1 aromatic rings. The van der Waals surface area contributed by atoms with Crippen molar-refractivity contribution in [2.75, 3.05) is 13.7 Å². The van der Waals surface area contributed by atoms with Gasteiger partial charge in [-0.2, -0.15) is 0 Å². The first-order valence-corrected chi connectivity index (χ1v) is 5.20. The first-order chi connectivity index (χ1) is 7.65. The number of halogens is 2. The molecule has 0 fully saturated rings. The topological polar surface area (TPSA) is 29.5 Å². The minimum atomic E-state index is -2.46. The lowest BCUT2D eigenvalue weighted by Gasteiger charge is -2.11. The Labute approximate surface area is 93.9 Å². The van der Waals surface area contributed by atoms with Gasteiger partial charge in [-0.1, -0.05) is 24.3 Å². The summed E-state index contributed by atoms with van der Waals surface area (Å²) in [6.45, 7) is 0.589. The number of methoxy groups -OCH3 is 1. The molecule has 0 aromatic heterocycles. The van der Waals surface area contributed by atoms with Crippen molar-refractivity contribution < 1.29 is 18.6 Å². The molecule has 0 saturated carbocycles. The molecule has 0 radical (unpaired) electrons. The average Bonchev–Trinajstić information content (AvgIpc) is 2.29. The van der Waals surface area contributed by atoms with E-state index in [9.17, 15) is 13.9 Å². The summed E-state index contributed by atoms with van der Waals surface area (Å²) in [6, 6.07) is 5.77. The second kappa shape index (κ2) is 6.55. The number of ether oxygens (including phenoxy) is 1. The molecule has 90 valence electrons. The molecule has 1 atom stereocenters. The van der Waals surface area contributed by atoms with Crippen LogP contribution in [0.2, 0.25) is 0 Å². The quantitative estimate of drug-likeness (QED) is 0.761. The van der Waals surface area contributed by atoms with Gasteiger partial charge in [-0.05, 0) is 18.4 Å². The van der Waals surface area contributed by atoms with Crippen LogP contribution in [0.5, 0.6) is 0 Å². The van der Waals surface area contributed by atoms with Crippen LogP contribution in [0.15, 0.2) is 24.3 Å². The third-order valence-electron chi connectivity index (χ3n) is 2.40. The molecule has 1 aromatic carbocycles. The minimum absolute atomic E-state index is 0.0205. The summed E-state index contributed by atoms with van der Waals surface area (Å²) in [5.74, 6) is 0. The van der Waals surface area contributed by atoms with Gasteiger partial charge in [0, 0.05) is 19.3 Å². The van der Waals surface area contributed by atoms with Crippen molar-refractivity contribution in [3.8, 4) is 0 Å². The van der Waals surface area contributed by atoms with Crippen LogP contribution in [-0.4, -0.2) is 18.8 Å². The lowest BCUT2D eigenvalue weighted by molar-refractivity contribution is 0.135. The maximum Gasteiger partial charge on any atom is 0.263 e. The van der Waals surface area contributed by atoms with Crippen LogP contribution >= 0.6 is 0 Å². The monoisotopic (exact) mass is 230 g/mol. The van der Waals surface area contributed by atoms with Crippen molar-refractivity contribution in [1.29, 1.82) is 0 Å². The van der Waals surface area contributed by atoms with Gasteiger partial charge in [-0.3, -0.25) is 0 Å². The molecular weight excluding hydrogens is 214 g/mol. The fourth-order valence-corrected chi connectivity index (χ4v) is 1.45. The highest BCUT2D eigenvalue weighted by Gasteiger charge is 2.10. The smallest absolute Gasteiger partial charge is 0.263 e. The molecule has 0 heterocycles. The largest absolute Gasteiger partial charge is 0.388 e. The fourth-order valence-electron chi connectivity index (χ4n) is 1.45. The number of aliphatic hydroxyl groups excluding tert-OH is 1. The third-order valence-corrected chi connectivity index (χ3v) is 2.40. The Kier molecular flexibility index (Phi) is 5.35. The summed E-state index contributed by atoms with van der Waals surface area (Å²) in [5, 5.41) is 9.73. The summed E-state index contributed by atoms with van der Waals surface area (Å²) >= 11 is 0. The molecule has 2 nitrogen and oxygen atoms in total. The van der Waals surface area contributed by atoms with Crippen molar-refractivity contribution in [1.82, 2.24) is 0 Å². The van der Waals surface area contributed by atoms with E-state index in [-0.39, 0.29) is 5.56 Å². The Bertz CT molecular complexity index is 298. The fraction of sp³-hybridized carbons (Fsp3) is 0.500. The molecule has 0 spiro atoms. The van der Waals surface area contributed by atoms with E-state index in [0.29, 0.717) is 18.6 Å². The van der Waals surface area contributed by atoms with E-state index in [2.05, 4.69) is 0 Å². The lowest BCUT2D eigenvalue weighted by atomic mass is 10.0. The Morgan fingerprint density at radius 3 is 2.25 bits per heavy atom. The number of hydrogen-bond donors (Lipinski definition) is 1. The predicted octanol–water partition coefficient (Wildman–Crippen LogP) is 3.08. The second-order valence-corrected chi connectivity index (χ2v) is 3.62. The third kappa shape index (κ3) is 3.87. The number of hydrogen-bond acceptors (Lipinski definition) is 2. The van der Waals surface area contributed by atoms with Gasteiger partial charge < -0.3 is 9.84 Å². The van der Waals surface area contributed by atoms with E-state index >= 15 is 0 Å². The van der Waals surface area contributed by atoms with E-state index in [4.69, 9.17) is 4.74 Å². The van der Waals surface area contributed by atoms with Crippen LogP contribution in [-0.2, 0) is 4.74 Å². The van der Waals surface area contributed by atoms with Crippen LogP contribution in [0, 0.1) is 0 Å². The highest BCUT2D eigenvalue weighted by atomic mass is 19.3. The molecule has 4 heteroatoms. The summed E-state index contributed by atoms with van der Waals surface area (Å²) in [6.07, 6.45) is -1.75. The normalized spacial score (nSPS) is 13.1. The number of alkyl halides is 2. The van der Waals surface area contributed by atoms with Gasteiger partial charge >= 0.3 is 0 Å². The summed E-state index contributed by atoms with van der Waals surface area (Å²) < 4.78 is 29.4. The molecule has 16 heavy (non-hydrogen) atoms. The first kappa shape index (κ1) is 13.1. The van der Waals surface area contributed by atoms with Gasteiger partial charge in [-0.25, -0.2) is 8.78 Å². The van der Waals surface area contributed by atoms with E-state index < -0.39 is 12.5 Å². The van der Waals surface area contributed by atoms with E-state index in [1.807, 2.05) is 0 Å². The van der Waals surface area contributed by atoms with Gasteiger partial charge in [-0.15, -0.1) is 0 Å². The molecule has 1 N–H and O–H groups in total. The molecule has 0 amide bonds. The SMILES string of the molecule is COCCCC(O)c1ccc(C(F)F)cc1. The second-order valence-electron chi connectivity index (χ2n) is 3.62. The summed E-state index contributed by atoms with van der Waals surface area (Å²) in [5.41, 5.74) is 0.647. The van der Waals surface area contributed by atoms with Crippen molar-refractivity contribution in [2.24, 2.45) is 0 Å². The van der Waals surface area contributed by atoms with Gasteiger partial charge in [0.15, 0.2) is 0 Å². The van der Waals surface area contributed by atoms with E-state index in [1.54, 1.807) is 19.2 Å². The summed E-state index contributed by atoms with van der Waals surface area (Å²) in [7, 11) is 1.60. The first-order valence-electron chi connectivity index (χ1n) is 5.20. The number of benzene rings is 1. The molecule has 1 rings (SSSR count). The lowest BCUT2D eigenvalue weighted by Crippen LogP contribution is -2.00. The average molecular weight is 230 g/mol. The van der Waals surface area contributed by atoms with Gasteiger partial charge in [0.05, 0.1) is 6.10 Å². The Morgan fingerprint density at radius 2 is 1.75 bits per heavy atom. The van der Waals surface area contributed by atoms with E-state index in [1.165, 1.54) is 12.1 Å². The van der Waals surface area contributed by atoms with Crippen LogP contribution in [0.3, 0.4) is 0 Å². The highest BCUT2D eigenvalue weighted by Crippen LogP contribution is 2.23. The minimum Gasteiger partial charge on any atom is -0.388 e. The zero-order valence-corrected chi connectivity index (χ0v) is 9.20. The Balaban J connectivity index is 2.52. The van der Waals surface area contributed by atoms with Crippen LogP contribution in [0.25, 0.3) is 0 Å². The number of rotatable bonds is 6. The molecular formula is C12H16F2O2. The highest BCUT2D eigenvalue weighted by molar-refractivity contribution is 5.24. The molecule has 0 aliphatic carbocycles. The zero-order chi connectivity index (χ0) is 12.0. The summed E-state index contributed by atoms with van der Waals surface area (Å²) in [4.78, 5) is 0. The molecule has 0 saturated heterocycles. The maximum absolute atomic E-state index is 12.3. The zero-order valence-electron chi connectivity index (χ0n) is 9.20. The molecule has 0 aliphatic rings. The van der Waals surface area contributed by atoms with Gasteiger partial charge in [0.2, 0.25) is 0 Å². The van der Waals surface area contributed by atoms with Crippen LogP contribution in [0.1, 0.15) is 36.5 Å². The molecule has 0 aliphatic heterocycles. The molecule has 0 bridgehead atoms. The Hall–Kier alpha value is -1.00. The van der Waals surface area contributed by atoms with E-state index in [0.717, 1.165) is 6.42 Å². The van der Waals surface area contributed by atoms with Crippen molar-refractivity contribution in [3.63, 3.8) is 0 Å². The van der Waals surface area contributed by atoms with Crippen LogP contribution in [0.4, 0.5) is 8.78 Å².